The highest BCUT2D eigenvalue weighted by atomic mass is 35.5. The van der Waals surface area contributed by atoms with Crippen LogP contribution in [0.25, 0.3) is 21.0 Å². The first-order valence-electron chi connectivity index (χ1n) is 9.87. The maximum absolute atomic E-state index is 13.4. The van der Waals surface area contributed by atoms with Gasteiger partial charge in [-0.2, -0.15) is 4.31 Å². The SMILES string of the molecule is O=C1CN(S(=O)(=O)c2cc3ccc(Cl)cc3s2)C(CO)CN1Cc1nccc2[nH]ccc12. The van der Waals surface area contributed by atoms with Gasteiger partial charge in [-0.05, 0) is 35.7 Å². The number of pyridine rings is 1. The average molecular weight is 491 g/mol. The monoisotopic (exact) mass is 490 g/mol. The Bertz CT molecular complexity index is 1430. The molecular formula is C21H19ClN4O4S2. The van der Waals surface area contributed by atoms with Crippen LogP contribution in [0.5, 0.6) is 0 Å². The smallest absolute Gasteiger partial charge is 0.253 e. The van der Waals surface area contributed by atoms with E-state index >= 15 is 0 Å². The van der Waals surface area contributed by atoms with Crippen LogP contribution in [0, 0.1) is 0 Å². The molecule has 11 heteroatoms. The number of carbonyl (C=O) groups is 1. The van der Waals surface area contributed by atoms with Gasteiger partial charge in [-0.25, -0.2) is 8.42 Å². The molecule has 3 aromatic heterocycles. The lowest BCUT2D eigenvalue weighted by molar-refractivity contribution is -0.137. The van der Waals surface area contributed by atoms with E-state index in [0.717, 1.165) is 36.6 Å². The summed E-state index contributed by atoms with van der Waals surface area (Å²) in [7, 11) is -3.97. The Morgan fingerprint density at radius 2 is 2.09 bits per heavy atom. The third-order valence-electron chi connectivity index (χ3n) is 5.62. The Hall–Kier alpha value is -2.50. The molecule has 1 aromatic carbocycles. The van der Waals surface area contributed by atoms with Crippen LogP contribution in [0.1, 0.15) is 5.69 Å². The number of halogens is 1. The number of hydrogen-bond donors (Lipinski definition) is 2. The van der Waals surface area contributed by atoms with E-state index in [1.165, 1.54) is 0 Å². The molecule has 0 aliphatic carbocycles. The number of aliphatic hydroxyl groups is 1. The van der Waals surface area contributed by atoms with E-state index in [1.54, 1.807) is 41.6 Å². The van der Waals surface area contributed by atoms with Crippen molar-refractivity contribution in [3.63, 3.8) is 0 Å². The minimum Gasteiger partial charge on any atom is -0.395 e. The van der Waals surface area contributed by atoms with E-state index in [1.807, 2.05) is 12.1 Å². The Balaban J connectivity index is 1.42. The molecule has 1 atom stereocenters. The number of aliphatic hydroxyl groups excluding tert-OH is 1. The number of amides is 1. The zero-order valence-electron chi connectivity index (χ0n) is 16.7. The molecule has 0 bridgehead atoms. The second-order valence-electron chi connectivity index (χ2n) is 7.61. The first-order chi connectivity index (χ1) is 15.4. The van der Waals surface area contributed by atoms with Gasteiger partial charge >= 0.3 is 0 Å². The first kappa shape index (κ1) is 21.4. The van der Waals surface area contributed by atoms with E-state index in [9.17, 15) is 18.3 Å². The standard InChI is InChI=1S/C21H19ClN4O4S2/c22-14-2-1-13-7-21(31-19(13)8-14)32(29,30)26-11-20(28)25(9-15(26)12-27)10-18-16-3-5-23-17(16)4-6-24-18/h1-8,15,23,27H,9-12H2. The fraction of sp³-hybridized carbons (Fsp3) is 0.238. The molecule has 5 rings (SSSR count). The van der Waals surface area contributed by atoms with Crippen molar-refractivity contribution in [1.82, 2.24) is 19.2 Å². The number of thiophene rings is 1. The van der Waals surface area contributed by atoms with Crippen molar-refractivity contribution in [3.05, 3.63) is 59.5 Å². The van der Waals surface area contributed by atoms with Crippen molar-refractivity contribution in [2.45, 2.75) is 16.8 Å². The van der Waals surface area contributed by atoms with E-state index in [-0.39, 0.29) is 29.8 Å². The predicted molar refractivity (Wildman–Crippen MR) is 123 cm³/mol. The fourth-order valence-electron chi connectivity index (χ4n) is 3.97. The highest BCUT2D eigenvalue weighted by Crippen LogP contribution is 2.34. The molecule has 32 heavy (non-hydrogen) atoms. The molecule has 2 N–H and O–H groups in total. The van der Waals surface area contributed by atoms with Crippen LogP contribution in [-0.4, -0.2) is 64.3 Å². The number of piperazine rings is 1. The van der Waals surface area contributed by atoms with Gasteiger partial charge < -0.3 is 15.0 Å². The maximum atomic E-state index is 13.4. The summed E-state index contributed by atoms with van der Waals surface area (Å²) in [4.78, 5) is 22.0. The van der Waals surface area contributed by atoms with Crippen LogP contribution in [0.3, 0.4) is 0 Å². The molecule has 1 amide bonds. The van der Waals surface area contributed by atoms with Crippen LogP contribution in [0.4, 0.5) is 0 Å². The minimum absolute atomic E-state index is 0.0772. The zero-order chi connectivity index (χ0) is 22.5. The average Bonchev–Trinajstić information content (AvgIpc) is 3.42. The van der Waals surface area contributed by atoms with Gasteiger partial charge in [0.05, 0.1) is 31.4 Å². The number of H-pyrrole nitrogens is 1. The Kier molecular flexibility index (Phi) is 5.42. The summed E-state index contributed by atoms with van der Waals surface area (Å²) in [5.41, 5.74) is 1.62. The Morgan fingerprint density at radius 3 is 2.91 bits per heavy atom. The van der Waals surface area contributed by atoms with Gasteiger partial charge in [-0.15, -0.1) is 11.3 Å². The molecule has 0 spiro atoms. The summed E-state index contributed by atoms with van der Waals surface area (Å²) in [5.74, 6) is -0.336. The largest absolute Gasteiger partial charge is 0.395 e. The molecule has 1 saturated heterocycles. The van der Waals surface area contributed by atoms with Gasteiger partial charge in [0.15, 0.2) is 0 Å². The molecule has 1 fully saturated rings. The van der Waals surface area contributed by atoms with E-state index in [0.29, 0.717) is 10.7 Å². The molecule has 1 aliphatic rings. The highest BCUT2D eigenvalue weighted by Gasteiger charge is 2.40. The lowest BCUT2D eigenvalue weighted by Crippen LogP contribution is -2.58. The summed E-state index contributed by atoms with van der Waals surface area (Å²) < 4.78 is 28.7. The van der Waals surface area contributed by atoms with Crippen molar-refractivity contribution in [1.29, 1.82) is 0 Å². The quantitative estimate of drug-likeness (QED) is 0.447. The van der Waals surface area contributed by atoms with Gasteiger partial charge in [0.1, 0.15) is 4.21 Å². The van der Waals surface area contributed by atoms with Crippen molar-refractivity contribution in [3.8, 4) is 0 Å². The number of hydrogen-bond acceptors (Lipinski definition) is 6. The second kappa shape index (κ2) is 8.13. The van der Waals surface area contributed by atoms with Crippen molar-refractivity contribution in [2.75, 3.05) is 19.7 Å². The van der Waals surface area contributed by atoms with E-state index in [4.69, 9.17) is 11.6 Å². The molecular weight excluding hydrogens is 472 g/mol. The van der Waals surface area contributed by atoms with Gasteiger partial charge in [0.25, 0.3) is 10.0 Å². The van der Waals surface area contributed by atoms with Crippen molar-refractivity contribution in [2.24, 2.45) is 0 Å². The number of sulfonamides is 1. The molecule has 0 radical (unpaired) electrons. The summed E-state index contributed by atoms with van der Waals surface area (Å²) in [5, 5.41) is 12.2. The second-order valence-corrected chi connectivity index (χ2v) is 11.2. The van der Waals surface area contributed by atoms with Crippen LogP contribution >= 0.6 is 22.9 Å². The highest BCUT2D eigenvalue weighted by molar-refractivity contribution is 7.91. The molecule has 1 aliphatic heterocycles. The number of rotatable bonds is 5. The molecule has 166 valence electrons. The Labute approximate surface area is 193 Å². The number of aromatic amines is 1. The third-order valence-corrected chi connectivity index (χ3v) is 9.30. The number of benzene rings is 1. The molecule has 1 unspecified atom stereocenters. The minimum atomic E-state index is -3.97. The summed E-state index contributed by atoms with van der Waals surface area (Å²) in [6.45, 7) is -0.430. The predicted octanol–water partition coefficient (Wildman–Crippen LogP) is 2.83. The lowest BCUT2D eigenvalue weighted by atomic mass is 10.1. The number of fused-ring (bicyclic) bond motifs is 2. The normalized spacial score (nSPS) is 18.1. The lowest BCUT2D eigenvalue weighted by Gasteiger charge is -2.39. The summed E-state index contributed by atoms with van der Waals surface area (Å²) in [6.07, 6.45) is 3.47. The van der Waals surface area contributed by atoms with Crippen LogP contribution in [0.2, 0.25) is 5.02 Å². The molecule has 0 saturated carbocycles. The van der Waals surface area contributed by atoms with E-state index in [2.05, 4.69) is 9.97 Å². The van der Waals surface area contributed by atoms with Gasteiger partial charge in [-0.1, -0.05) is 17.7 Å². The number of nitrogens with zero attached hydrogens (tertiary/aromatic N) is 3. The first-order valence-corrected chi connectivity index (χ1v) is 12.5. The zero-order valence-corrected chi connectivity index (χ0v) is 19.1. The number of carbonyl (C=O) groups excluding carboxylic acids is 1. The maximum Gasteiger partial charge on any atom is 0.253 e. The van der Waals surface area contributed by atoms with Crippen molar-refractivity contribution >= 4 is 59.9 Å². The fourth-order valence-corrected chi connectivity index (χ4v) is 7.33. The molecule has 4 heterocycles. The topological polar surface area (TPSA) is 107 Å². The van der Waals surface area contributed by atoms with Gasteiger partial charge in [-0.3, -0.25) is 9.78 Å². The Morgan fingerprint density at radius 1 is 1.25 bits per heavy atom. The molecule has 4 aromatic rings. The third kappa shape index (κ3) is 3.67. The van der Waals surface area contributed by atoms with Gasteiger partial charge in [0.2, 0.25) is 5.91 Å². The van der Waals surface area contributed by atoms with Crippen LogP contribution in [-0.2, 0) is 21.4 Å². The van der Waals surface area contributed by atoms with Crippen molar-refractivity contribution < 1.29 is 18.3 Å². The van der Waals surface area contributed by atoms with Crippen LogP contribution < -0.4 is 0 Å². The summed E-state index contributed by atoms with van der Waals surface area (Å²) >= 11 is 7.12. The number of nitrogens with one attached hydrogen (secondary N) is 1. The summed E-state index contributed by atoms with van der Waals surface area (Å²) in [6, 6.07) is 9.73. The van der Waals surface area contributed by atoms with Crippen LogP contribution in [0.15, 0.2) is 53.0 Å². The number of aromatic nitrogens is 2. The van der Waals surface area contributed by atoms with Gasteiger partial charge in [0, 0.05) is 39.6 Å². The van der Waals surface area contributed by atoms with E-state index < -0.39 is 22.7 Å². The molecule has 8 nitrogen and oxygen atoms in total.